The molecule has 1 heterocycles. The van der Waals surface area contributed by atoms with Crippen molar-refractivity contribution in [3.05, 3.63) is 65.7 Å². The number of rotatable bonds is 2. The third kappa shape index (κ3) is 2.82. The van der Waals surface area contributed by atoms with Crippen molar-refractivity contribution >= 4 is 29.6 Å². The molecule has 6 nitrogen and oxygen atoms in total. The molecule has 114 valence electrons. The van der Waals surface area contributed by atoms with Crippen LogP contribution in [0, 0.1) is 0 Å². The first-order valence-corrected chi connectivity index (χ1v) is 6.82. The number of nitrogens with one attached hydrogen (secondary N) is 1. The molecule has 0 atom stereocenters. The monoisotopic (exact) mass is 308 g/mol. The zero-order valence-electron chi connectivity index (χ0n) is 11.9. The van der Waals surface area contributed by atoms with Gasteiger partial charge in [-0.3, -0.25) is 14.9 Å². The van der Waals surface area contributed by atoms with Gasteiger partial charge in [0.25, 0.3) is 11.8 Å². The SMILES string of the molecule is O=C1NC(=O)N(c2ccccc2)C(=O)/C1=C/c1cccc(O)c1. The van der Waals surface area contributed by atoms with E-state index in [0.717, 1.165) is 4.90 Å². The highest BCUT2D eigenvalue weighted by Gasteiger charge is 2.36. The number of carbonyl (C=O) groups is 3. The van der Waals surface area contributed by atoms with Crippen LogP contribution in [0.5, 0.6) is 5.75 Å². The van der Waals surface area contributed by atoms with Crippen molar-refractivity contribution in [1.82, 2.24) is 5.32 Å². The lowest BCUT2D eigenvalue weighted by Crippen LogP contribution is -2.54. The van der Waals surface area contributed by atoms with Crippen LogP contribution in [0.15, 0.2) is 60.2 Å². The number of carbonyl (C=O) groups excluding carboxylic acids is 3. The minimum absolute atomic E-state index is 0.0130. The Bertz CT molecular complexity index is 827. The molecule has 0 saturated carbocycles. The van der Waals surface area contributed by atoms with Gasteiger partial charge in [0.05, 0.1) is 5.69 Å². The predicted molar refractivity (Wildman–Crippen MR) is 83.6 cm³/mol. The van der Waals surface area contributed by atoms with Gasteiger partial charge >= 0.3 is 6.03 Å². The molecule has 0 aromatic heterocycles. The number of urea groups is 1. The number of amides is 4. The van der Waals surface area contributed by atoms with Crippen LogP contribution in [0.4, 0.5) is 10.5 Å². The second kappa shape index (κ2) is 5.76. The number of hydrogen-bond donors (Lipinski definition) is 2. The Balaban J connectivity index is 2.02. The number of nitrogens with zero attached hydrogens (tertiary/aromatic N) is 1. The van der Waals surface area contributed by atoms with Crippen LogP contribution in [-0.4, -0.2) is 23.0 Å². The molecule has 0 radical (unpaired) electrons. The number of benzene rings is 2. The minimum Gasteiger partial charge on any atom is -0.508 e. The Morgan fingerprint density at radius 1 is 0.957 bits per heavy atom. The van der Waals surface area contributed by atoms with Crippen LogP contribution in [-0.2, 0) is 9.59 Å². The molecule has 2 aromatic rings. The smallest absolute Gasteiger partial charge is 0.335 e. The zero-order chi connectivity index (χ0) is 16.4. The van der Waals surface area contributed by atoms with Crippen LogP contribution in [0.25, 0.3) is 6.08 Å². The summed E-state index contributed by atoms with van der Waals surface area (Å²) in [7, 11) is 0. The number of barbiturate groups is 1. The van der Waals surface area contributed by atoms with Gasteiger partial charge in [0.2, 0.25) is 0 Å². The number of para-hydroxylation sites is 1. The summed E-state index contributed by atoms with van der Waals surface area (Å²) < 4.78 is 0. The van der Waals surface area contributed by atoms with Crippen LogP contribution >= 0.6 is 0 Å². The summed E-state index contributed by atoms with van der Waals surface area (Å²) in [5.41, 5.74) is 0.661. The van der Waals surface area contributed by atoms with Gasteiger partial charge in [0.1, 0.15) is 11.3 Å². The average molecular weight is 308 g/mol. The Morgan fingerprint density at radius 2 is 1.70 bits per heavy atom. The quantitative estimate of drug-likeness (QED) is 0.657. The third-order valence-corrected chi connectivity index (χ3v) is 3.30. The van der Waals surface area contributed by atoms with E-state index in [1.54, 1.807) is 42.5 Å². The fourth-order valence-corrected chi connectivity index (χ4v) is 2.25. The van der Waals surface area contributed by atoms with Crippen LogP contribution in [0.3, 0.4) is 0 Å². The van der Waals surface area contributed by atoms with Crippen molar-refractivity contribution < 1.29 is 19.5 Å². The zero-order valence-corrected chi connectivity index (χ0v) is 11.9. The van der Waals surface area contributed by atoms with Gasteiger partial charge in [-0.2, -0.15) is 0 Å². The first-order chi connectivity index (χ1) is 11.1. The lowest BCUT2D eigenvalue weighted by Gasteiger charge is -2.26. The molecule has 3 rings (SSSR count). The molecule has 1 saturated heterocycles. The molecule has 6 heteroatoms. The third-order valence-electron chi connectivity index (χ3n) is 3.30. The molecule has 1 fully saturated rings. The number of anilines is 1. The van der Waals surface area contributed by atoms with E-state index in [1.807, 2.05) is 0 Å². The summed E-state index contributed by atoms with van der Waals surface area (Å²) >= 11 is 0. The Morgan fingerprint density at radius 3 is 2.39 bits per heavy atom. The average Bonchev–Trinajstić information content (AvgIpc) is 2.52. The first-order valence-electron chi connectivity index (χ1n) is 6.82. The number of phenols is 1. The first kappa shape index (κ1) is 14.5. The summed E-state index contributed by atoms with van der Waals surface area (Å²) in [5.74, 6) is -1.47. The van der Waals surface area contributed by atoms with Crippen molar-refractivity contribution in [2.45, 2.75) is 0 Å². The number of hydrogen-bond acceptors (Lipinski definition) is 4. The molecule has 0 aliphatic carbocycles. The lowest BCUT2D eigenvalue weighted by atomic mass is 10.1. The number of phenolic OH excluding ortho intramolecular Hbond substituents is 1. The van der Waals surface area contributed by atoms with Crippen LogP contribution < -0.4 is 10.2 Å². The minimum atomic E-state index is -0.792. The van der Waals surface area contributed by atoms with Crippen molar-refractivity contribution in [1.29, 1.82) is 0 Å². The second-order valence-corrected chi connectivity index (χ2v) is 4.89. The van der Waals surface area contributed by atoms with Gasteiger partial charge in [0.15, 0.2) is 0 Å². The molecule has 23 heavy (non-hydrogen) atoms. The maximum absolute atomic E-state index is 12.5. The topological polar surface area (TPSA) is 86.7 Å². The fourth-order valence-electron chi connectivity index (χ4n) is 2.25. The van der Waals surface area contributed by atoms with Gasteiger partial charge < -0.3 is 5.11 Å². The summed E-state index contributed by atoms with van der Waals surface area (Å²) in [5, 5.41) is 11.6. The number of aromatic hydroxyl groups is 1. The molecule has 1 aliphatic rings. The van der Waals surface area contributed by atoms with E-state index in [4.69, 9.17) is 0 Å². The van der Waals surface area contributed by atoms with Crippen molar-refractivity contribution in [2.75, 3.05) is 4.90 Å². The van der Waals surface area contributed by atoms with Crippen molar-refractivity contribution in [3.8, 4) is 5.75 Å². The van der Waals surface area contributed by atoms with E-state index < -0.39 is 17.8 Å². The molecule has 4 amide bonds. The van der Waals surface area contributed by atoms with E-state index in [0.29, 0.717) is 11.3 Å². The van der Waals surface area contributed by atoms with Gasteiger partial charge in [-0.1, -0.05) is 30.3 Å². The molecule has 0 unspecified atom stereocenters. The predicted octanol–water partition coefficient (Wildman–Crippen LogP) is 2.06. The molecule has 0 spiro atoms. The van der Waals surface area contributed by atoms with Gasteiger partial charge in [-0.05, 0) is 35.9 Å². The lowest BCUT2D eigenvalue weighted by molar-refractivity contribution is -0.122. The molecular formula is C17H12N2O4. The highest BCUT2D eigenvalue weighted by Crippen LogP contribution is 2.22. The maximum Gasteiger partial charge on any atom is 0.335 e. The normalized spacial score (nSPS) is 16.6. The maximum atomic E-state index is 12.5. The summed E-state index contributed by atoms with van der Waals surface area (Å²) in [6.07, 6.45) is 1.33. The summed E-state index contributed by atoms with van der Waals surface area (Å²) in [6.45, 7) is 0. The highest BCUT2D eigenvalue weighted by atomic mass is 16.3. The molecule has 0 bridgehead atoms. The van der Waals surface area contributed by atoms with Crippen molar-refractivity contribution in [3.63, 3.8) is 0 Å². The van der Waals surface area contributed by atoms with E-state index in [9.17, 15) is 19.5 Å². The molecule has 2 N–H and O–H groups in total. The highest BCUT2D eigenvalue weighted by molar-refractivity contribution is 6.39. The van der Waals surface area contributed by atoms with E-state index in [-0.39, 0.29) is 11.3 Å². The van der Waals surface area contributed by atoms with E-state index in [1.165, 1.54) is 18.2 Å². The summed E-state index contributed by atoms with van der Waals surface area (Å²) in [4.78, 5) is 37.4. The molecule has 2 aromatic carbocycles. The fraction of sp³-hybridized carbons (Fsp3) is 0. The largest absolute Gasteiger partial charge is 0.508 e. The Labute approximate surface area is 131 Å². The number of imide groups is 2. The van der Waals surface area contributed by atoms with Crippen LogP contribution in [0.1, 0.15) is 5.56 Å². The Kier molecular flexibility index (Phi) is 3.64. The Hall–Kier alpha value is -3.41. The van der Waals surface area contributed by atoms with Crippen molar-refractivity contribution in [2.24, 2.45) is 0 Å². The second-order valence-electron chi connectivity index (χ2n) is 4.89. The molecule has 1 aliphatic heterocycles. The van der Waals surface area contributed by atoms with E-state index >= 15 is 0 Å². The van der Waals surface area contributed by atoms with E-state index in [2.05, 4.69) is 5.32 Å². The van der Waals surface area contributed by atoms with Crippen LogP contribution in [0.2, 0.25) is 0 Å². The standard InChI is InChI=1S/C17H12N2O4/c20-13-8-4-5-11(9-13)10-14-15(21)18-17(23)19(16(14)22)12-6-2-1-3-7-12/h1-10,20H,(H,18,21,23)/b14-10+. The van der Waals surface area contributed by atoms with Gasteiger partial charge in [-0.25, -0.2) is 9.69 Å². The molecular weight excluding hydrogens is 296 g/mol. The van der Waals surface area contributed by atoms with Gasteiger partial charge in [-0.15, -0.1) is 0 Å². The summed E-state index contributed by atoms with van der Waals surface area (Å²) in [6, 6.07) is 13.6. The van der Waals surface area contributed by atoms with Gasteiger partial charge in [0, 0.05) is 0 Å².